The fraction of sp³-hybridized carbons (Fsp3) is 0.448. The summed E-state index contributed by atoms with van der Waals surface area (Å²) in [6.07, 6.45) is 6.85. The molecule has 2 aliphatic heterocycles. The Morgan fingerprint density at radius 1 is 1.03 bits per heavy atom. The SMILES string of the molecule is Cc1ccccc1/C=C/C(=O)N1CCC2(CC1)CC(CC(=O)N1CCNCC1)c1cccc(Cl)c12. The molecule has 2 fully saturated rings. The number of halogens is 1. The maximum absolute atomic E-state index is 13.1. The molecule has 2 saturated heterocycles. The Hall–Kier alpha value is -2.63. The molecule has 1 atom stereocenters. The van der Waals surface area contributed by atoms with Crippen molar-refractivity contribution < 1.29 is 9.59 Å². The van der Waals surface area contributed by atoms with Gasteiger partial charge in [0.15, 0.2) is 0 Å². The molecule has 1 aliphatic carbocycles. The summed E-state index contributed by atoms with van der Waals surface area (Å²) in [4.78, 5) is 30.0. The van der Waals surface area contributed by atoms with Gasteiger partial charge in [0, 0.05) is 62.2 Å². The number of piperidine rings is 1. The van der Waals surface area contributed by atoms with Crippen LogP contribution in [0.4, 0.5) is 0 Å². The lowest BCUT2D eigenvalue weighted by Crippen LogP contribution is -2.46. The number of likely N-dealkylation sites (tertiary alicyclic amines) is 1. The molecule has 1 N–H and O–H groups in total. The molecule has 6 heteroatoms. The van der Waals surface area contributed by atoms with Crippen molar-refractivity contribution in [1.82, 2.24) is 15.1 Å². The topological polar surface area (TPSA) is 52.7 Å². The highest BCUT2D eigenvalue weighted by Crippen LogP contribution is 2.55. The zero-order valence-electron chi connectivity index (χ0n) is 20.4. The molecule has 5 nitrogen and oxygen atoms in total. The molecular formula is C29H34ClN3O2. The summed E-state index contributed by atoms with van der Waals surface area (Å²) in [6.45, 7) is 6.77. The number of benzene rings is 2. The van der Waals surface area contributed by atoms with Crippen molar-refractivity contribution >= 4 is 29.5 Å². The molecule has 2 aromatic rings. The second kappa shape index (κ2) is 10.2. The van der Waals surface area contributed by atoms with Gasteiger partial charge in [-0.1, -0.05) is 48.0 Å². The zero-order valence-corrected chi connectivity index (χ0v) is 21.2. The quantitative estimate of drug-likeness (QED) is 0.639. The van der Waals surface area contributed by atoms with Gasteiger partial charge in [-0.05, 0) is 66.5 Å². The lowest BCUT2D eigenvalue weighted by Gasteiger charge is -2.40. The molecule has 0 bridgehead atoms. The summed E-state index contributed by atoms with van der Waals surface area (Å²) in [7, 11) is 0. The van der Waals surface area contributed by atoms with Gasteiger partial charge in [0.25, 0.3) is 0 Å². The van der Waals surface area contributed by atoms with Crippen LogP contribution in [-0.4, -0.2) is 60.9 Å². The fourth-order valence-corrected chi connectivity index (χ4v) is 6.59. The van der Waals surface area contributed by atoms with Gasteiger partial charge in [0.05, 0.1) is 0 Å². The third-order valence-corrected chi connectivity index (χ3v) is 8.48. The number of carbonyl (C=O) groups excluding carboxylic acids is 2. The Labute approximate surface area is 213 Å². The third-order valence-electron chi connectivity index (χ3n) is 8.17. The van der Waals surface area contributed by atoms with Crippen LogP contribution in [0, 0.1) is 6.92 Å². The van der Waals surface area contributed by atoms with E-state index in [-0.39, 0.29) is 23.1 Å². The Morgan fingerprint density at radius 2 is 1.77 bits per heavy atom. The van der Waals surface area contributed by atoms with Crippen LogP contribution in [0.2, 0.25) is 5.02 Å². The summed E-state index contributed by atoms with van der Waals surface area (Å²) >= 11 is 6.78. The normalized spacial score (nSPS) is 21.5. The van der Waals surface area contributed by atoms with Gasteiger partial charge in [0.2, 0.25) is 11.8 Å². The first kappa shape index (κ1) is 24.1. The van der Waals surface area contributed by atoms with Crippen molar-refractivity contribution in [2.75, 3.05) is 39.3 Å². The summed E-state index contributed by atoms with van der Waals surface area (Å²) in [5.74, 6) is 0.494. The van der Waals surface area contributed by atoms with Crippen LogP contribution < -0.4 is 5.32 Å². The van der Waals surface area contributed by atoms with Gasteiger partial charge in [-0.2, -0.15) is 0 Å². The van der Waals surface area contributed by atoms with Crippen LogP contribution in [0.5, 0.6) is 0 Å². The number of rotatable bonds is 4. The van der Waals surface area contributed by atoms with Crippen molar-refractivity contribution in [1.29, 1.82) is 0 Å². The first-order chi connectivity index (χ1) is 17.0. The summed E-state index contributed by atoms with van der Waals surface area (Å²) in [6, 6.07) is 14.2. The molecule has 2 aromatic carbocycles. The molecule has 2 heterocycles. The predicted molar refractivity (Wildman–Crippen MR) is 141 cm³/mol. The number of aryl methyl sites for hydroxylation is 1. The number of nitrogens with zero attached hydrogens (tertiary/aromatic N) is 2. The smallest absolute Gasteiger partial charge is 0.246 e. The highest BCUT2D eigenvalue weighted by molar-refractivity contribution is 6.31. The van der Waals surface area contributed by atoms with Crippen molar-refractivity contribution in [3.8, 4) is 0 Å². The maximum Gasteiger partial charge on any atom is 0.246 e. The average Bonchev–Trinajstić information content (AvgIpc) is 3.18. The number of hydrogen-bond acceptors (Lipinski definition) is 3. The van der Waals surface area contributed by atoms with Gasteiger partial charge in [-0.3, -0.25) is 9.59 Å². The van der Waals surface area contributed by atoms with E-state index in [0.29, 0.717) is 19.5 Å². The van der Waals surface area contributed by atoms with Crippen molar-refractivity contribution in [2.45, 2.75) is 43.9 Å². The molecule has 5 rings (SSSR count). The average molecular weight is 492 g/mol. The summed E-state index contributed by atoms with van der Waals surface area (Å²) in [5.41, 5.74) is 4.64. The number of carbonyl (C=O) groups is 2. The van der Waals surface area contributed by atoms with E-state index >= 15 is 0 Å². The minimum absolute atomic E-state index is 0.0570. The summed E-state index contributed by atoms with van der Waals surface area (Å²) in [5, 5.41) is 4.12. The minimum atomic E-state index is -0.0570. The molecule has 2 amide bonds. The van der Waals surface area contributed by atoms with Gasteiger partial charge in [-0.15, -0.1) is 0 Å². The predicted octanol–water partition coefficient (Wildman–Crippen LogP) is 4.53. The van der Waals surface area contributed by atoms with E-state index in [1.807, 2.05) is 46.2 Å². The van der Waals surface area contributed by atoms with E-state index in [2.05, 4.69) is 24.4 Å². The fourth-order valence-electron chi connectivity index (χ4n) is 6.21. The number of piperazine rings is 1. The standard InChI is InChI=1S/C29H34ClN3O2/c1-21-5-2-3-6-22(21)9-10-26(34)32-15-11-29(12-16-32)20-23(24-7-4-8-25(30)28(24)29)19-27(35)33-17-13-31-14-18-33/h2-10,23,31H,11-20H2,1H3/b10-9+. The number of nitrogens with one attached hydrogen (secondary N) is 1. The first-order valence-corrected chi connectivity index (χ1v) is 13.1. The first-order valence-electron chi connectivity index (χ1n) is 12.8. The Bertz CT molecular complexity index is 1130. The molecule has 0 saturated carbocycles. The molecule has 3 aliphatic rings. The molecule has 1 spiro atoms. The monoisotopic (exact) mass is 491 g/mol. The van der Waals surface area contributed by atoms with Gasteiger partial charge < -0.3 is 15.1 Å². The van der Waals surface area contributed by atoms with Crippen molar-refractivity contribution in [3.05, 3.63) is 75.8 Å². The van der Waals surface area contributed by atoms with Crippen molar-refractivity contribution in [2.24, 2.45) is 0 Å². The van der Waals surface area contributed by atoms with E-state index in [4.69, 9.17) is 11.6 Å². The van der Waals surface area contributed by atoms with E-state index in [0.717, 1.165) is 61.6 Å². The van der Waals surface area contributed by atoms with Gasteiger partial charge in [0.1, 0.15) is 0 Å². The summed E-state index contributed by atoms with van der Waals surface area (Å²) < 4.78 is 0. The van der Waals surface area contributed by atoms with Gasteiger partial charge >= 0.3 is 0 Å². The molecule has 0 aromatic heterocycles. The maximum atomic E-state index is 13.1. The zero-order chi connectivity index (χ0) is 24.4. The van der Waals surface area contributed by atoms with Crippen molar-refractivity contribution in [3.63, 3.8) is 0 Å². The Morgan fingerprint density at radius 3 is 2.51 bits per heavy atom. The van der Waals surface area contributed by atoms with Crippen LogP contribution in [0.3, 0.4) is 0 Å². The number of amides is 2. The second-order valence-electron chi connectivity index (χ2n) is 10.2. The lowest BCUT2D eigenvalue weighted by atomic mass is 9.73. The third kappa shape index (κ3) is 4.89. The Kier molecular flexibility index (Phi) is 6.99. The molecule has 184 valence electrons. The van der Waals surface area contributed by atoms with Crippen LogP contribution in [-0.2, 0) is 15.0 Å². The van der Waals surface area contributed by atoms with E-state index in [1.165, 1.54) is 11.1 Å². The van der Waals surface area contributed by atoms with E-state index in [1.54, 1.807) is 6.08 Å². The van der Waals surface area contributed by atoms with Crippen LogP contribution in [0.15, 0.2) is 48.5 Å². The molecule has 1 unspecified atom stereocenters. The number of hydrogen-bond donors (Lipinski definition) is 1. The lowest BCUT2D eigenvalue weighted by molar-refractivity contribution is -0.132. The highest BCUT2D eigenvalue weighted by Gasteiger charge is 2.47. The highest BCUT2D eigenvalue weighted by atomic mass is 35.5. The van der Waals surface area contributed by atoms with E-state index < -0.39 is 0 Å². The molecule has 0 radical (unpaired) electrons. The number of fused-ring (bicyclic) bond motifs is 2. The molecule has 35 heavy (non-hydrogen) atoms. The van der Waals surface area contributed by atoms with E-state index in [9.17, 15) is 9.59 Å². The largest absolute Gasteiger partial charge is 0.340 e. The minimum Gasteiger partial charge on any atom is -0.340 e. The van der Waals surface area contributed by atoms with Crippen LogP contribution in [0.25, 0.3) is 6.08 Å². The second-order valence-corrected chi connectivity index (χ2v) is 10.6. The van der Waals surface area contributed by atoms with Crippen LogP contribution >= 0.6 is 11.6 Å². The van der Waals surface area contributed by atoms with Gasteiger partial charge in [-0.25, -0.2) is 0 Å². The Balaban J connectivity index is 1.29. The molecular weight excluding hydrogens is 458 g/mol. The van der Waals surface area contributed by atoms with Crippen LogP contribution in [0.1, 0.15) is 53.9 Å².